The highest BCUT2D eigenvalue weighted by molar-refractivity contribution is 5.87. The number of hydrogen-bond donors (Lipinski definition) is 2. The molecule has 0 fully saturated rings. The summed E-state index contributed by atoms with van der Waals surface area (Å²) in [6.07, 6.45) is 0. The van der Waals surface area contributed by atoms with Crippen LogP contribution in [0.2, 0.25) is 0 Å². The maximum atomic E-state index is 11.4. The highest BCUT2D eigenvalue weighted by Gasteiger charge is 2.23. The Morgan fingerprint density at radius 3 is 1.29 bits per heavy atom. The molecule has 3 unspecified atom stereocenters. The second kappa shape index (κ2) is 13.2. The van der Waals surface area contributed by atoms with E-state index in [9.17, 15) is 10.2 Å². The van der Waals surface area contributed by atoms with Crippen molar-refractivity contribution in [3.05, 3.63) is 179 Å². The summed E-state index contributed by atoms with van der Waals surface area (Å²) in [4.78, 5) is 0. The van der Waals surface area contributed by atoms with E-state index in [-0.39, 0.29) is 17.8 Å². The van der Waals surface area contributed by atoms with Crippen LogP contribution in [0.15, 0.2) is 146 Å². The van der Waals surface area contributed by atoms with Gasteiger partial charge in [0.1, 0.15) is 11.5 Å². The minimum absolute atomic E-state index is 0.103. The molecule has 0 aromatic heterocycles. The average molecular weight is 551 g/mol. The van der Waals surface area contributed by atoms with Crippen LogP contribution >= 0.6 is 0 Å². The molecule has 0 aliphatic carbocycles. The molecule has 0 radical (unpaired) electrons. The molecule has 0 aliphatic rings. The van der Waals surface area contributed by atoms with Crippen molar-refractivity contribution in [1.82, 2.24) is 0 Å². The first kappa shape index (κ1) is 28.7. The Kier molecular flexibility index (Phi) is 9.04. The monoisotopic (exact) mass is 550 g/mol. The van der Waals surface area contributed by atoms with E-state index in [1.54, 1.807) is 6.07 Å². The van der Waals surface area contributed by atoms with E-state index in [0.29, 0.717) is 11.5 Å². The van der Waals surface area contributed by atoms with E-state index < -0.39 is 0 Å². The lowest BCUT2D eigenvalue weighted by Crippen LogP contribution is -2.06. The molecule has 0 saturated heterocycles. The van der Waals surface area contributed by atoms with Crippen LogP contribution < -0.4 is 0 Å². The largest absolute Gasteiger partial charge is 0.507 e. The Hall–Kier alpha value is -4.82. The van der Waals surface area contributed by atoms with Gasteiger partial charge in [0.25, 0.3) is 0 Å². The van der Waals surface area contributed by atoms with E-state index in [4.69, 9.17) is 0 Å². The summed E-state index contributed by atoms with van der Waals surface area (Å²) in [5.74, 6) is 1.21. The Balaban J connectivity index is 0.000000267. The first-order valence-corrected chi connectivity index (χ1v) is 14.6. The zero-order chi connectivity index (χ0) is 29.5. The van der Waals surface area contributed by atoms with Gasteiger partial charge < -0.3 is 10.2 Å². The van der Waals surface area contributed by atoms with E-state index in [2.05, 4.69) is 112 Å². The Labute approximate surface area is 249 Å². The van der Waals surface area contributed by atoms with Crippen molar-refractivity contribution in [2.45, 2.75) is 38.5 Å². The lowest BCUT2D eigenvalue weighted by Gasteiger charge is -2.24. The fraction of sp³-hybridized carbons (Fsp3) is 0.150. The van der Waals surface area contributed by atoms with Crippen molar-refractivity contribution in [2.24, 2.45) is 0 Å². The van der Waals surface area contributed by atoms with Crippen LogP contribution in [0.1, 0.15) is 71.9 Å². The smallest absolute Gasteiger partial charge is 0.123 e. The van der Waals surface area contributed by atoms with E-state index in [0.717, 1.165) is 21.9 Å². The summed E-state index contributed by atoms with van der Waals surface area (Å²) in [5.41, 5.74) is 6.92. The summed E-state index contributed by atoms with van der Waals surface area (Å²) in [7, 11) is 0. The molecule has 0 aliphatic heterocycles. The van der Waals surface area contributed by atoms with E-state index >= 15 is 0 Å². The molecule has 210 valence electrons. The standard InChI is InChI=1S/C30H30O.C10H8O/c1-21(24-13-7-4-8-14-24)27-19-28(22(2)25-15-9-5-10-16-25)30(31)29(20-27)23(3)26-17-11-6-12-18-26;11-10-7-3-5-8-4-1-2-6-9(8)10/h4-23,31H,1-3H3;1-7,11H. The number of benzene rings is 6. The predicted octanol–water partition coefficient (Wildman–Crippen LogP) is 10.4. The molecule has 2 nitrogen and oxygen atoms in total. The van der Waals surface area contributed by atoms with Gasteiger partial charge in [-0.05, 0) is 33.7 Å². The van der Waals surface area contributed by atoms with Gasteiger partial charge in [0.15, 0.2) is 0 Å². The molecule has 0 bridgehead atoms. The molecule has 2 N–H and O–H groups in total. The van der Waals surface area contributed by atoms with E-state index in [1.807, 2.05) is 48.5 Å². The number of phenolic OH excluding ortho intramolecular Hbond substituents is 2. The number of rotatable bonds is 6. The van der Waals surface area contributed by atoms with Gasteiger partial charge in [-0.2, -0.15) is 0 Å². The van der Waals surface area contributed by atoms with Crippen LogP contribution in [0.3, 0.4) is 0 Å². The lowest BCUT2D eigenvalue weighted by atomic mass is 9.82. The topological polar surface area (TPSA) is 40.5 Å². The zero-order valence-corrected chi connectivity index (χ0v) is 24.5. The van der Waals surface area contributed by atoms with Crippen LogP contribution in [0, 0.1) is 0 Å². The predicted molar refractivity (Wildman–Crippen MR) is 176 cm³/mol. The minimum atomic E-state index is 0.103. The summed E-state index contributed by atoms with van der Waals surface area (Å²) in [5, 5.41) is 22.8. The molecule has 3 atom stereocenters. The van der Waals surface area contributed by atoms with Crippen molar-refractivity contribution in [3.8, 4) is 11.5 Å². The molecule has 6 aromatic rings. The Morgan fingerprint density at radius 1 is 0.405 bits per heavy atom. The van der Waals surface area contributed by atoms with Crippen LogP contribution in [0.25, 0.3) is 10.8 Å². The molecule has 42 heavy (non-hydrogen) atoms. The fourth-order valence-electron chi connectivity index (χ4n) is 5.60. The van der Waals surface area contributed by atoms with Crippen LogP contribution in [-0.4, -0.2) is 10.2 Å². The van der Waals surface area contributed by atoms with Crippen LogP contribution in [-0.2, 0) is 0 Å². The molecule has 0 amide bonds. The third kappa shape index (κ3) is 6.39. The molecular formula is C40H38O2. The van der Waals surface area contributed by atoms with Gasteiger partial charge in [-0.1, -0.05) is 160 Å². The SMILES string of the molecule is CC(c1ccccc1)c1cc(C(C)c2ccccc2)c(O)c(C(C)c2ccccc2)c1.Oc1cccc2ccccc12. The Bertz CT molecular complexity index is 1650. The fourth-order valence-corrected chi connectivity index (χ4v) is 5.60. The normalized spacial score (nSPS) is 13.0. The summed E-state index contributed by atoms with van der Waals surface area (Å²) in [6.45, 7) is 6.60. The summed E-state index contributed by atoms with van der Waals surface area (Å²) < 4.78 is 0. The highest BCUT2D eigenvalue weighted by Crippen LogP contribution is 2.41. The number of phenols is 2. The van der Waals surface area contributed by atoms with Gasteiger partial charge in [-0.15, -0.1) is 0 Å². The second-order valence-corrected chi connectivity index (χ2v) is 10.9. The molecule has 0 heterocycles. The second-order valence-electron chi connectivity index (χ2n) is 10.9. The maximum absolute atomic E-state index is 11.4. The van der Waals surface area contributed by atoms with Crippen molar-refractivity contribution in [1.29, 1.82) is 0 Å². The van der Waals surface area contributed by atoms with Crippen LogP contribution in [0.5, 0.6) is 11.5 Å². The average Bonchev–Trinajstić information content (AvgIpc) is 3.06. The quantitative estimate of drug-likeness (QED) is 0.217. The molecule has 6 rings (SSSR count). The first-order valence-electron chi connectivity index (χ1n) is 14.6. The van der Waals surface area contributed by atoms with Crippen molar-refractivity contribution < 1.29 is 10.2 Å². The van der Waals surface area contributed by atoms with Crippen molar-refractivity contribution in [3.63, 3.8) is 0 Å². The number of aromatic hydroxyl groups is 2. The van der Waals surface area contributed by atoms with Gasteiger partial charge in [-0.25, -0.2) is 0 Å². The summed E-state index contributed by atoms with van der Waals surface area (Å²) >= 11 is 0. The zero-order valence-electron chi connectivity index (χ0n) is 24.5. The first-order chi connectivity index (χ1) is 20.4. The van der Waals surface area contributed by atoms with Gasteiger partial charge in [0.05, 0.1) is 0 Å². The molecular weight excluding hydrogens is 512 g/mol. The third-order valence-electron chi connectivity index (χ3n) is 8.29. The lowest BCUT2D eigenvalue weighted by molar-refractivity contribution is 0.456. The van der Waals surface area contributed by atoms with Crippen molar-refractivity contribution in [2.75, 3.05) is 0 Å². The maximum Gasteiger partial charge on any atom is 0.123 e. The van der Waals surface area contributed by atoms with Gasteiger partial charge >= 0.3 is 0 Å². The van der Waals surface area contributed by atoms with Gasteiger partial charge in [0, 0.05) is 34.3 Å². The minimum Gasteiger partial charge on any atom is -0.507 e. The van der Waals surface area contributed by atoms with E-state index in [1.165, 1.54) is 22.3 Å². The molecule has 6 aromatic carbocycles. The van der Waals surface area contributed by atoms with Gasteiger partial charge in [-0.3, -0.25) is 0 Å². The van der Waals surface area contributed by atoms with Crippen molar-refractivity contribution >= 4 is 10.8 Å². The molecule has 0 saturated carbocycles. The highest BCUT2D eigenvalue weighted by atomic mass is 16.3. The molecule has 0 spiro atoms. The van der Waals surface area contributed by atoms with Crippen LogP contribution in [0.4, 0.5) is 0 Å². The Morgan fingerprint density at radius 2 is 0.810 bits per heavy atom. The molecule has 2 heteroatoms. The number of hydrogen-bond acceptors (Lipinski definition) is 2. The third-order valence-corrected chi connectivity index (χ3v) is 8.29. The summed E-state index contributed by atoms with van der Waals surface area (Å²) in [6, 6.07) is 49.1. The number of fused-ring (bicyclic) bond motifs is 1. The van der Waals surface area contributed by atoms with Gasteiger partial charge in [0.2, 0.25) is 0 Å².